The third kappa shape index (κ3) is 7.90. The Labute approximate surface area is 149 Å². The second kappa shape index (κ2) is 11.0. The molecule has 0 aliphatic heterocycles. The molecule has 8 N–H and O–H groups in total. The predicted molar refractivity (Wildman–Crippen MR) is 87.8 cm³/mol. The van der Waals surface area contributed by atoms with E-state index in [1.807, 2.05) is 0 Å². The summed E-state index contributed by atoms with van der Waals surface area (Å²) in [4.78, 5) is 33.2. The summed E-state index contributed by atoms with van der Waals surface area (Å²) in [7, 11) is 0. The molecule has 12 nitrogen and oxygen atoms in total. The number of carboxylic acid groups (broad SMARTS) is 2. The van der Waals surface area contributed by atoms with E-state index in [2.05, 4.69) is 20.8 Å². The number of carboxylic acids is 2. The van der Waals surface area contributed by atoms with Crippen LogP contribution in [-0.2, 0) is 16.1 Å². The Balaban J connectivity index is 2.44. The summed E-state index contributed by atoms with van der Waals surface area (Å²) < 4.78 is 5.34. The van der Waals surface area contributed by atoms with Gasteiger partial charge in [0.15, 0.2) is 0 Å². The Morgan fingerprint density at radius 1 is 1.15 bits per heavy atom. The van der Waals surface area contributed by atoms with Gasteiger partial charge < -0.3 is 36.7 Å². The number of carbonyl (C=O) groups excluding carboxylic acids is 1. The van der Waals surface area contributed by atoms with Crippen molar-refractivity contribution in [2.75, 3.05) is 6.54 Å². The van der Waals surface area contributed by atoms with Crippen LogP contribution in [0.3, 0.4) is 0 Å². The first-order chi connectivity index (χ1) is 12.3. The summed E-state index contributed by atoms with van der Waals surface area (Å²) in [6.07, 6.45) is 1.68. The first-order valence-electron chi connectivity index (χ1n) is 8.10. The molecule has 146 valence electrons. The second-order valence-electron chi connectivity index (χ2n) is 5.58. The average molecular weight is 372 g/mol. The molecular formula is C14H24N6O6. The fraction of sp³-hybridized carbons (Fsp3) is 0.643. The minimum Gasteiger partial charge on any atom is -0.481 e. The van der Waals surface area contributed by atoms with Gasteiger partial charge in [0.1, 0.15) is 6.04 Å². The highest BCUT2D eigenvalue weighted by Crippen LogP contribution is 2.15. The van der Waals surface area contributed by atoms with Gasteiger partial charge in [-0.3, -0.25) is 4.79 Å². The van der Waals surface area contributed by atoms with Crippen LogP contribution < -0.4 is 22.1 Å². The summed E-state index contributed by atoms with van der Waals surface area (Å²) in [5.41, 5.74) is 11.3. The molecule has 0 fully saturated rings. The van der Waals surface area contributed by atoms with E-state index >= 15 is 0 Å². The number of urea groups is 1. The molecule has 0 saturated carbocycles. The lowest BCUT2D eigenvalue weighted by molar-refractivity contribution is -0.140. The number of carbonyl (C=O) groups is 3. The summed E-state index contributed by atoms with van der Waals surface area (Å²) in [6.45, 7) is 0.449. The molecule has 0 saturated heterocycles. The van der Waals surface area contributed by atoms with Crippen LogP contribution in [0, 0.1) is 0 Å². The van der Waals surface area contributed by atoms with E-state index in [0.29, 0.717) is 13.0 Å². The predicted octanol–water partition coefficient (Wildman–Crippen LogP) is -0.684. The lowest BCUT2D eigenvalue weighted by Crippen LogP contribution is -2.46. The third-order valence-electron chi connectivity index (χ3n) is 3.42. The monoisotopic (exact) mass is 372 g/mol. The molecular weight excluding hydrogens is 348 g/mol. The normalized spacial score (nSPS) is 13.0. The standard InChI is InChI=1S/C14H24N6O6/c15-6-2-1-3-8(16)12-20-19-10(26-12)7-17-14(25)18-9(13(23)24)4-5-11(21)22/h8-9H,1-7,15-16H2,(H,21,22)(H,23,24)(H2,17,18,25). The van der Waals surface area contributed by atoms with Gasteiger partial charge in [-0.2, -0.15) is 0 Å². The molecule has 0 aliphatic carbocycles. The van der Waals surface area contributed by atoms with Crippen LogP contribution in [0.1, 0.15) is 49.9 Å². The van der Waals surface area contributed by atoms with Crippen LogP contribution in [0.5, 0.6) is 0 Å². The van der Waals surface area contributed by atoms with E-state index in [0.717, 1.165) is 12.8 Å². The molecule has 0 radical (unpaired) electrons. The zero-order valence-corrected chi connectivity index (χ0v) is 14.2. The molecule has 0 bridgehead atoms. The Morgan fingerprint density at radius 3 is 2.50 bits per heavy atom. The van der Waals surface area contributed by atoms with Crippen molar-refractivity contribution in [3.63, 3.8) is 0 Å². The molecule has 1 heterocycles. The molecule has 0 spiro atoms. The number of amides is 2. The Kier molecular flexibility index (Phi) is 9.01. The van der Waals surface area contributed by atoms with Crippen molar-refractivity contribution in [1.82, 2.24) is 20.8 Å². The maximum Gasteiger partial charge on any atom is 0.326 e. The molecule has 2 atom stereocenters. The molecule has 0 aromatic carbocycles. The molecule has 12 heteroatoms. The van der Waals surface area contributed by atoms with Crippen molar-refractivity contribution in [1.29, 1.82) is 0 Å². The van der Waals surface area contributed by atoms with Crippen LogP contribution in [0.4, 0.5) is 4.79 Å². The van der Waals surface area contributed by atoms with Crippen molar-refractivity contribution >= 4 is 18.0 Å². The van der Waals surface area contributed by atoms with E-state index in [-0.39, 0.29) is 31.2 Å². The number of hydrogen-bond donors (Lipinski definition) is 6. The second-order valence-corrected chi connectivity index (χ2v) is 5.58. The topological polar surface area (TPSA) is 207 Å². The Bertz CT molecular complexity index is 607. The Morgan fingerprint density at radius 2 is 1.88 bits per heavy atom. The highest BCUT2D eigenvalue weighted by atomic mass is 16.4. The van der Waals surface area contributed by atoms with Crippen LogP contribution in [-0.4, -0.2) is 51.0 Å². The third-order valence-corrected chi connectivity index (χ3v) is 3.42. The van der Waals surface area contributed by atoms with E-state index in [9.17, 15) is 14.4 Å². The minimum atomic E-state index is -1.33. The number of nitrogens with zero attached hydrogens (tertiary/aromatic N) is 2. The molecule has 2 unspecified atom stereocenters. The number of unbranched alkanes of at least 4 members (excludes halogenated alkanes) is 1. The quantitative estimate of drug-likeness (QED) is 0.255. The van der Waals surface area contributed by atoms with Gasteiger partial charge in [-0.05, 0) is 25.8 Å². The van der Waals surface area contributed by atoms with Gasteiger partial charge in [-0.1, -0.05) is 6.42 Å². The zero-order valence-electron chi connectivity index (χ0n) is 14.2. The summed E-state index contributed by atoms with van der Waals surface area (Å²) in [6, 6.07) is -2.54. The fourth-order valence-corrected chi connectivity index (χ4v) is 2.01. The number of hydrogen-bond acceptors (Lipinski definition) is 8. The van der Waals surface area contributed by atoms with Gasteiger partial charge in [0.05, 0.1) is 12.6 Å². The molecule has 26 heavy (non-hydrogen) atoms. The van der Waals surface area contributed by atoms with Crippen molar-refractivity contribution in [2.45, 2.75) is 50.7 Å². The van der Waals surface area contributed by atoms with Crippen molar-refractivity contribution < 1.29 is 29.0 Å². The molecule has 0 aliphatic rings. The minimum absolute atomic E-state index is 0.113. The van der Waals surface area contributed by atoms with Crippen LogP contribution in [0.15, 0.2) is 4.42 Å². The van der Waals surface area contributed by atoms with Crippen LogP contribution in [0.2, 0.25) is 0 Å². The zero-order chi connectivity index (χ0) is 19.5. The van der Waals surface area contributed by atoms with Gasteiger partial charge >= 0.3 is 18.0 Å². The van der Waals surface area contributed by atoms with E-state index in [4.69, 9.17) is 26.1 Å². The van der Waals surface area contributed by atoms with Crippen LogP contribution in [0.25, 0.3) is 0 Å². The highest BCUT2D eigenvalue weighted by molar-refractivity contribution is 5.82. The molecule has 1 rings (SSSR count). The van der Waals surface area contributed by atoms with Gasteiger partial charge in [0.25, 0.3) is 0 Å². The maximum atomic E-state index is 11.7. The van der Waals surface area contributed by atoms with E-state index in [1.165, 1.54) is 0 Å². The lowest BCUT2D eigenvalue weighted by Gasteiger charge is -2.13. The number of aromatic nitrogens is 2. The fourth-order valence-electron chi connectivity index (χ4n) is 2.01. The lowest BCUT2D eigenvalue weighted by atomic mass is 10.1. The van der Waals surface area contributed by atoms with E-state index < -0.39 is 30.1 Å². The largest absolute Gasteiger partial charge is 0.481 e. The first kappa shape index (κ1) is 21.3. The smallest absolute Gasteiger partial charge is 0.326 e. The molecule has 1 aromatic heterocycles. The number of rotatable bonds is 12. The Hall–Kier alpha value is -2.73. The summed E-state index contributed by atoms with van der Waals surface area (Å²) in [5, 5.41) is 29.6. The van der Waals surface area contributed by atoms with E-state index in [1.54, 1.807) is 0 Å². The number of nitrogens with two attached hydrogens (primary N) is 2. The highest BCUT2D eigenvalue weighted by Gasteiger charge is 2.21. The SMILES string of the molecule is NCCCCC(N)c1nnc(CNC(=O)NC(CCC(=O)O)C(=O)O)o1. The summed E-state index contributed by atoms with van der Waals surface area (Å²) in [5.74, 6) is -2.13. The summed E-state index contributed by atoms with van der Waals surface area (Å²) >= 11 is 0. The van der Waals surface area contributed by atoms with Gasteiger partial charge in [0.2, 0.25) is 11.8 Å². The number of nitrogens with one attached hydrogen (secondary N) is 2. The molecule has 1 aromatic rings. The van der Waals surface area contributed by atoms with Gasteiger partial charge in [-0.25, -0.2) is 9.59 Å². The van der Waals surface area contributed by atoms with Gasteiger partial charge in [0, 0.05) is 6.42 Å². The first-order valence-corrected chi connectivity index (χ1v) is 8.10. The van der Waals surface area contributed by atoms with Crippen LogP contribution >= 0.6 is 0 Å². The van der Waals surface area contributed by atoms with Crippen molar-refractivity contribution in [2.24, 2.45) is 11.5 Å². The maximum absolute atomic E-state index is 11.7. The van der Waals surface area contributed by atoms with Gasteiger partial charge in [-0.15, -0.1) is 10.2 Å². The number of aliphatic carboxylic acids is 2. The average Bonchev–Trinajstić information content (AvgIpc) is 3.05. The van der Waals surface area contributed by atoms with Crippen molar-refractivity contribution in [3.8, 4) is 0 Å². The molecule has 2 amide bonds. The van der Waals surface area contributed by atoms with Crippen molar-refractivity contribution in [3.05, 3.63) is 11.8 Å².